The van der Waals surface area contributed by atoms with Gasteiger partial charge in [-0.1, -0.05) is 27.4 Å². The molecule has 0 spiro atoms. The van der Waals surface area contributed by atoms with E-state index in [0.29, 0.717) is 6.04 Å². The van der Waals surface area contributed by atoms with Crippen LogP contribution in [-0.4, -0.2) is 21.0 Å². The van der Waals surface area contributed by atoms with Gasteiger partial charge in [0.2, 0.25) is 0 Å². The van der Waals surface area contributed by atoms with Crippen LogP contribution < -0.4 is 11.1 Å². The second kappa shape index (κ2) is 10.00. The first kappa shape index (κ1) is 22.2. The van der Waals surface area contributed by atoms with Crippen LogP contribution in [0.15, 0.2) is 73.2 Å². The molecule has 0 aliphatic heterocycles. The number of fused-ring (bicyclic) bond motifs is 1. The zero-order valence-electron chi connectivity index (χ0n) is 18.1. The largest absolute Gasteiger partial charge is 0.344 e. The van der Waals surface area contributed by atoms with E-state index in [1.54, 1.807) is 24.5 Å². The normalized spacial score (nSPS) is 10.6. The molecule has 0 amide bonds. The third kappa shape index (κ3) is 5.55. The highest BCUT2D eigenvalue weighted by Crippen LogP contribution is 2.38. The van der Waals surface area contributed by atoms with E-state index >= 15 is 0 Å². The molecule has 0 saturated carbocycles. The lowest BCUT2D eigenvalue weighted by molar-refractivity contribution is 0.628. The number of hydrogen-bond acceptors (Lipinski definition) is 4. The molecular formula is C25H28FN5. The summed E-state index contributed by atoms with van der Waals surface area (Å²) in [6.45, 7) is 9.90. The van der Waals surface area contributed by atoms with Crippen molar-refractivity contribution in [1.29, 1.82) is 0 Å². The minimum atomic E-state index is -0.261. The zero-order chi connectivity index (χ0) is 22.4. The van der Waals surface area contributed by atoms with Gasteiger partial charge in [-0.05, 0) is 72.1 Å². The summed E-state index contributed by atoms with van der Waals surface area (Å²) in [7, 11) is 0. The number of H-pyrrole nitrogens is 1. The molecule has 3 aromatic heterocycles. The number of hydrogen-bond donors (Lipinski definition) is 3. The van der Waals surface area contributed by atoms with E-state index in [9.17, 15) is 4.39 Å². The Morgan fingerprint density at radius 2 is 1.71 bits per heavy atom. The number of nitrogens with zero attached hydrogens (tertiary/aromatic N) is 2. The molecule has 0 fully saturated rings. The molecule has 0 atom stereocenters. The van der Waals surface area contributed by atoms with Gasteiger partial charge in [-0.15, -0.1) is 0 Å². The Hall–Kier alpha value is -3.51. The van der Waals surface area contributed by atoms with Gasteiger partial charge < -0.3 is 16.0 Å². The van der Waals surface area contributed by atoms with Crippen LogP contribution in [0.25, 0.3) is 33.4 Å². The Morgan fingerprint density at radius 1 is 1.06 bits per heavy atom. The summed E-state index contributed by atoms with van der Waals surface area (Å²) in [6, 6.07) is 14.7. The number of aromatic amines is 1. The van der Waals surface area contributed by atoms with Crippen molar-refractivity contribution in [2.45, 2.75) is 33.2 Å². The molecule has 5 nitrogen and oxygen atoms in total. The van der Waals surface area contributed by atoms with Gasteiger partial charge in [0.15, 0.2) is 0 Å². The summed E-state index contributed by atoms with van der Waals surface area (Å²) in [5, 5.41) is 4.21. The summed E-state index contributed by atoms with van der Waals surface area (Å²) in [4.78, 5) is 12.2. The average molecular weight is 418 g/mol. The van der Waals surface area contributed by atoms with Gasteiger partial charge in [0.05, 0.1) is 5.69 Å². The monoisotopic (exact) mass is 417 g/mol. The van der Waals surface area contributed by atoms with E-state index in [-0.39, 0.29) is 5.82 Å². The van der Waals surface area contributed by atoms with Crippen molar-refractivity contribution in [3.05, 3.63) is 79.0 Å². The lowest BCUT2D eigenvalue weighted by Crippen LogP contribution is -2.06. The number of anilines is 1. The van der Waals surface area contributed by atoms with Gasteiger partial charge in [-0.2, -0.15) is 0 Å². The molecule has 0 bridgehead atoms. The summed E-state index contributed by atoms with van der Waals surface area (Å²) >= 11 is 0. The molecule has 4 N–H and O–H groups in total. The minimum Gasteiger partial charge on any atom is -0.344 e. The number of pyridine rings is 2. The first-order valence-corrected chi connectivity index (χ1v) is 10.3. The van der Waals surface area contributed by atoms with Crippen molar-refractivity contribution in [1.82, 2.24) is 15.0 Å². The summed E-state index contributed by atoms with van der Waals surface area (Å²) in [6.07, 6.45) is 4.35. The fraction of sp³-hybridized carbons (Fsp3) is 0.200. The lowest BCUT2D eigenvalue weighted by atomic mass is 10.00. The molecule has 0 radical (unpaired) electrons. The van der Waals surface area contributed by atoms with Crippen LogP contribution in [0.1, 0.15) is 27.2 Å². The Bertz CT molecular complexity index is 1150. The molecule has 31 heavy (non-hydrogen) atoms. The zero-order valence-corrected chi connectivity index (χ0v) is 18.1. The van der Waals surface area contributed by atoms with Crippen LogP contribution >= 0.6 is 0 Å². The number of allylic oxidation sites excluding steroid dienone is 1. The third-order valence-electron chi connectivity index (χ3n) is 4.49. The van der Waals surface area contributed by atoms with Crippen LogP contribution in [0.3, 0.4) is 0 Å². The van der Waals surface area contributed by atoms with Crippen LogP contribution in [-0.2, 0) is 0 Å². The maximum absolute atomic E-state index is 13.4. The van der Waals surface area contributed by atoms with Gasteiger partial charge in [-0.3, -0.25) is 4.98 Å². The van der Waals surface area contributed by atoms with Crippen LogP contribution in [0.2, 0.25) is 0 Å². The maximum Gasteiger partial charge on any atom is 0.140 e. The average Bonchev–Trinajstić information content (AvgIpc) is 3.13. The van der Waals surface area contributed by atoms with Crippen LogP contribution in [0.5, 0.6) is 0 Å². The molecule has 1 aromatic carbocycles. The Morgan fingerprint density at radius 3 is 2.32 bits per heavy atom. The molecule has 0 unspecified atom stereocenters. The summed E-state index contributed by atoms with van der Waals surface area (Å²) in [5.41, 5.74) is 10.6. The van der Waals surface area contributed by atoms with E-state index in [4.69, 9.17) is 10.7 Å². The molecule has 4 rings (SSSR count). The predicted molar refractivity (Wildman–Crippen MR) is 127 cm³/mol. The molecule has 3 heterocycles. The van der Waals surface area contributed by atoms with Crippen molar-refractivity contribution in [3.63, 3.8) is 0 Å². The lowest BCUT2D eigenvalue weighted by Gasteiger charge is -2.07. The van der Waals surface area contributed by atoms with Gasteiger partial charge in [0.25, 0.3) is 0 Å². The highest BCUT2D eigenvalue weighted by molar-refractivity contribution is 6.02. The Balaban J connectivity index is 0.000000628. The van der Waals surface area contributed by atoms with E-state index in [1.165, 1.54) is 12.1 Å². The smallest absolute Gasteiger partial charge is 0.140 e. The highest BCUT2D eigenvalue weighted by Gasteiger charge is 2.16. The van der Waals surface area contributed by atoms with Crippen LogP contribution in [0.4, 0.5) is 10.2 Å². The molecule has 160 valence electrons. The number of aromatic nitrogens is 3. The van der Waals surface area contributed by atoms with Crippen LogP contribution in [0, 0.1) is 5.82 Å². The van der Waals surface area contributed by atoms with E-state index < -0.39 is 0 Å². The number of rotatable bonds is 5. The predicted octanol–water partition coefficient (Wildman–Crippen LogP) is 6.12. The first-order chi connectivity index (χ1) is 14.9. The van der Waals surface area contributed by atoms with E-state index in [0.717, 1.165) is 51.4 Å². The van der Waals surface area contributed by atoms with Crippen molar-refractivity contribution in [2.75, 3.05) is 5.32 Å². The maximum atomic E-state index is 13.4. The first-order valence-electron chi connectivity index (χ1n) is 10.3. The van der Waals surface area contributed by atoms with Crippen molar-refractivity contribution in [2.24, 2.45) is 5.73 Å². The molecule has 6 heteroatoms. The number of benzene rings is 1. The number of nitrogens with two attached hydrogens (primary N) is 1. The molecule has 4 aromatic rings. The fourth-order valence-corrected chi connectivity index (χ4v) is 3.06. The van der Waals surface area contributed by atoms with Gasteiger partial charge in [0, 0.05) is 29.0 Å². The van der Waals surface area contributed by atoms with E-state index in [2.05, 4.69) is 21.9 Å². The Labute approximate surface area is 182 Å². The molecular weight excluding hydrogens is 389 g/mol. The highest BCUT2D eigenvalue weighted by atomic mass is 19.1. The summed E-state index contributed by atoms with van der Waals surface area (Å²) in [5.74, 6) is 0.477. The van der Waals surface area contributed by atoms with E-state index in [1.807, 2.05) is 45.0 Å². The standard InChI is InChI=1S/C22H19FN4.C3H9N/c1-3-14(2)25-19-9-8-18-20(15-10-12-24-13-11-15)21(27-22(18)26-19)16-4-6-17(23)7-5-16;1-3(2)4/h4-13H,2-3H2,1H3,(H2,25,26,27);3H,4H2,1-2H3. The molecule has 0 aliphatic carbocycles. The second-order valence-electron chi connectivity index (χ2n) is 7.54. The van der Waals surface area contributed by atoms with Crippen molar-refractivity contribution >= 4 is 16.9 Å². The fourth-order valence-electron chi connectivity index (χ4n) is 3.06. The number of halogens is 1. The van der Waals surface area contributed by atoms with Gasteiger partial charge >= 0.3 is 0 Å². The Kier molecular flexibility index (Phi) is 7.15. The quantitative estimate of drug-likeness (QED) is 0.365. The van der Waals surface area contributed by atoms with Gasteiger partial charge in [-0.25, -0.2) is 9.37 Å². The number of nitrogens with one attached hydrogen (secondary N) is 2. The van der Waals surface area contributed by atoms with Gasteiger partial charge in [0.1, 0.15) is 17.3 Å². The molecule has 0 aliphatic rings. The van der Waals surface area contributed by atoms with Crippen molar-refractivity contribution in [3.8, 4) is 22.4 Å². The van der Waals surface area contributed by atoms with Crippen molar-refractivity contribution < 1.29 is 4.39 Å². The SMILES string of the molecule is C=C(CC)Nc1ccc2c(-c3ccncc3)c(-c3ccc(F)cc3)[nH]c2n1.CC(C)N. The minimum absolute atomic E-state index is 0.261. The topological polar surface area (TPSA) is 79.6 Å². The molecule has 0 saturated heterocycles. The summed E-state index contributed by atoms with van der Waals surface area (Å²) < 4.78 is 13.4. The second-order valence-corrected chi connectivity index (χ2v) is 7.54. The third-order valence-corrected chi connectivity index (χ3v) is 4.49.